The van der Waals surface area contributed by atoms with Crippen molar-refractivity contribution in [3.8, 4) is 0 Å². The molecule has 1 aromatic rings. The summed E-state index contributed by atoms with van der Waals surface area (Å²) in [6.07, 6.45) is 0. The summed E-state index contributed by atoms with van der Waals surface area (Å²) >= 11 is 5.77. The van der Waals surface area contributed by atoms with Gasteiger partial charge >= 0.3 is 0 Å². The summed E-state index contributed by atoms with van der Waals surface area (Å²) in [5, 5.41) is 3.94. The number of rotatable bonds is 2. The van der Waals surface area contributed by atoms with Crippen LogP contribution in [0, 0.1) is 5.82 Å². The van der Waals surface area contributed by atoms with Crippen LogP contribution in [0.2, 0.25) is 5.02 Å². The van der Waals surface area contributed by atoms with Crippen LogP contribution in [0.5, 0.6) is 0 Å². The Morgan fingerprint density at radius 1 is 1.50 bits per heavy atom. The van der Waals surface area contributed by atoms with E-state index in [2.05, 4.69) is 31.0 Å². The van der Waals surface area contributed by atoms with E-state index < -0.39 is 0 Å². The first-order chi connectivity index (χ1) is 8.37. The van der Waals surface area contributed by atoms with Crippen LogP contribution in [-0.2, 0) is 6.54 Å². The van der Waals surface area contributed by atoms with Crippen molar-refractivity contribution in [3.05, 3.63) is 34.6 Å². The van der Waals surface area contributed by atoms with Crippen LogP contribution in [0.1, 0.15) is 26.3 Å². The second-order valence-electron chi connectivity index (χ2n) is 5.75. The Hall–Kier alpha value is -0.640. The molecule has 1 heterocycles. The fourth-order valence-corrected chi connectivity index (χ4v) is 2.51. The molecule has 1 aliphatic heterocycles. The molecule has 4 heteroatoms. The van der Waals surface area contributed by atoms with Gasteiger partial charge in [-0.25, -0.2) is 4.39 Å². The first kappa shape index (κ1) is 13.8. The molecule has 0 radical (unpaired) electrons. The van der Waals surface area contributed by atoms with Gasteiger partial charge in [0.25, 0.3) is 0 Å². The minimum Gasteiger partial charge on any atom is -0.309 e. The molecule has 2 rings (SSSR count). The maximum Gasteiger partial charge on any atom is 0.129 e. The van der Waals surface area contributed by atoms with Gasteiger partial charge in [0.2, 0.25) is 0 Å². The van der Waals surface area contributed by atoms with Crippen molar-refractivity contribution >= 4 is 11.6 Å². The van der Waals surface area contributed by atoms with Gasteiger partial charge in [-0.3, -0.25) is 4.90 Å². The summed E-state index contributed by atoms with van der Waals surface area (Å²) in [6.45, 7) is 8.98. The lowest BCUT2D eigenvalue weighted by Gasteiger charge is -2.43. The van der Waals surface area contributed by atoms with E-state index in [0.29, 0.717) is 23.2 Å². The first-order valence-electron chi connectivity index (χ1n) is 6.30. The normalized spacial score (nSPS) is 24.2. The number of halogens is 2. The van der Waals surface area contributed by atoms with Crippen LogP contribution in [-0.4, -0.2) is 29.6 Å². The molecule has 0 bridgehead atoms. The minimum atomic E-state index is -0.217. The van der Waals surface area contributed by atoms with Gasteiger partial charge in [0.1, 0.15) is 5.82 Å². The summed E-state index contributed by atoms with van der Waals surface area (Å²) < 4.78 is 13.8. The lowest BCUT2D eigenvalue weighted by Crippen LogP contribution is -2.60. The second kappa shape index (κ2) is 5.16. The van der Waals surface area contributed by atoms with Gasteiger partial charge in [-0.15, -0.1) is 0 Å². The Morgan fingerprint density at radius 2 is 2.22 bits per heavy atom. The molecule has 1 unspecified atom stereocenters. The Bertz CT molecular complexity index is 434. The lowest BCUT2D eigenvalue weighted by atomic mass is 9.98. The molecule has 0 spiro atoms. The van der Waals surface area contributed by atoms with E-state index in [-0.39, 0.29) is 11.4 Å². The quantitative estimate of drug-likeness (QED) is 0.889. The molecule has 0 amide bonds. The van der Waals surface area contributed by atoms with Crippen molar-refractivity contribution in [3.63, 3.8) is 0 Å². The molecule has 1 fully saturated rings. The van der Waals surface area contributed by atoms with Crippen LogP contribution in [0.15, 0.2) is 18.2 Å². The van der Waals surface area contributed by atoms with Crippen molar-refractivity contribution in [1.29, 1.82) is 0 Å². The zero-order valence-electron chi connectivity index (χ0n) is 11.1. The number of benzene rings is 1. The molecule has 0 aromatic heterocycles. The fraction of sp³-hybridized carbons (Fsp3) is 0.571. The average Bonchev–Trinajstić information content (AvgIpc) is 2.27. The van der Waals surface area contributed by atoms with Crippen molar-refractivity contribution in [2.24, 2.45) is 0 Å². The van der Waals surface area contributed by atoms with E-state index in [1.54, 1.807) is 12.1 Å². The van der Waals surface area contributed by atoms with Gasteiger partial charge in [-0.1, -0.05) is 17.7 Å². The Balaban J connectivity index is 2.12. The average molecular weight is 271 g/mol. The summed E-state index contributed by atoms with van der Waals surface area (Å²) in [5.74, 6) is -0.217. The summed E-state index contributed by atoms with van der Waals surface area (Å²) in [6, 6.07) is 5.32. The van der Waals surface area contributed by atoms with Crippen molar-refractivity contribution < 1.29 is 4.39 Å². The topological polar surface area (TPSA) is 15.3 Å². The van der Waals surface area contributed by atoms with Gasteiger partial charge in [0, 0.05) is 41.8 Å². The third-order valence-corrected chi connectivity index (χ3v) is 3.72. The van der Waals surface area contributed by atoms with E-state index in [0.717, 1.165) is 13.1 Å². The molecule has 0 aliphatic carbocycles. The Labute approximate surface area is 113 Å². The van der Waals surface area contributed by atoms with Crippen LogP contribution in [0.4, 0.5) is 4.39 Å². The zero-order valence-corrected chi connectivity index (χ0v) is 11.9. The van der Waals surface area contributed by atoms with Crippen molar-refractivity contribution in [2.45, 2.75) is 38.9 Å². The largest absolute Gasteiger partial charge is 0.309 e. The molecule has 2 nitrogen and oxygen atoms in total. The van der Waals surface area contributed by atoms with Crippen LogP contribution in [0.25, 0.3) is 0 Å². The number of nitrogens with one attached hydrogen (secondary N) is 1. The highest BCUT2D eigenvalue weighted by atomic mass is 35.5. The highest BCUT2D eigenvalue weighted by molar-refractivity contribution is 6.30. The number of nitrogens with zero attached hydrogens (tertiary/aromatic N) is 1. The SMILES string of the molecule is CC1CNC(C)(C)CN1Cc1ccc(Cl)cc1F. The fourth-order valence-electron chi connectivity index (χ4n) is 2.35. The first-order valence-corrected chi connectivity index (χ1v) is 6.68. The Kier molecular flexibility index (Phi) is 3.95. The molecule has 1 N–H and O–H groups in total. The smallest absolute Gasteiger partial charge is 0.129 e. The number of hydrogen-bond acceptors (Lipinski definition) is 2. The maximum atomic E-state index is 13.8. The van der Waals surface area contributed by atoms with Gasteiger partial charge in [0.15, 0.2) is 0 Å². The molecule has 1 aromatic carbocycles. The van der Waals surface area contributed by atoms with E-state index >= 15 is 0 Å². The Morgan fingerprint density at radius 3 is 2.89 bits per heavy atom. The molecular weight excluding hydrogens is 251 g/mol. The zero-order chi connectivity index (χ0) is 13.3. The maximum absolute atomic E-state index is 13.8. The van der Waals surface area contributed by atoms with E-state index in [4.69, 9.17) is 11.6 Å². The van der Waals surface area contributed by atoms with E-state index in [1.165, 1.54) is 6.07 Å². The number of hydrogen-bond donors (Lipinski definition) is 1. The molecule has 1 atom stereocenters. The summed E-state index contributed by atoms with van der Waals surface area (Å²) in [4.78, 5) is 2.31. The molecule has 100 valence electrons. The predicted octanol–water partition coefficient (Wildman–Crippen LogP) is 3.05. The monoisotopic (exact) mass is 270 g/mol. The predicted molar refractivity (Wildman–Crippen MR) is 73.4 cm³/mol. The van der Waals surface area contributed by atoms with Crippen LogP contribution in [0.3, 0.4) is 0 Å². The molecular formula is C14H20ClFN2. The van der Waals surface area contributed by atoms with Crippen LogP contribution < -0.4 is 5.32 Å². The van der Waals surface area contributed by atoms with Gasteiger partial charge < -0.3 is 5.32 Å². The molecule has 18 heavy (non-hydrogen) atoms. The molecule has 0 saturated carbocycles. The van der Waals surface area contributed by atoms with Crippen molar-refractivity contribution in [1.82, 2.24) is 10.2 Å². The second-order valence-corrected chi connectivity index (χ2v) is 6.19. The lowest BCUT2D eigenvalue weighted by molar-refractivity contribution is 0.0966. The third-order valence-electron chi connectivity index (χ3n) is 3.49. The van der Waals surface area contributed by atoms with E-state index in [1.807, 2.05) is 0 Å². The van der Waals surface area contributed by atoms with Crippen LogP contribution >= 0.6 is 11.6 Å². The molecule has 1 aliphatic rings. The van der Waals surface area contributed by atoms with Gasteiger partial charge in [0.05, 0.1) is 0 Å². The van der Waals surface area contributed by atoms with Crippen molar-refractivity contribution in [2.75, 3.05) is 13.1 Å². The molecule has 1 saturated heterocycles. The minimum absolute atomic E-state index is 0.0788. The highest BCUT2D eigenvalue weighted by Crippen LogP contribution is 2.21. The van der Waals surface area contributed by atoms with Gasteiger partial charge in [-0.05, 0) is 32.9 Å². The standard InChI is InChI=1S/C14H20ClFN2/c1-10-7-17-14(2,3)9-18(10)8-11-4-5-12(15)6-13(11)16/h4-6,10,17H,7-9H2,1-3H3. The summed E-state index contributed by atoms with van der Waals surface area (Å²) in [7, 11) is 0. The third kappa shape index (κ3) is 3.22. The highest BCUT2D eigenvalue weighted by Gasteiger charge is 2.30. The van der Waals surface area contributed by atoms with Gasteiger partial charge in [-0.2, -0.15) is 0 Å². The summed E-state index contributed by atoms with van der Waals surface area (Å²) in [5.41, 5.74) is 0.791. The number of piperazine rings is 1. The van der Waals surface area contributed by atoms with E-state index in [9.17, 15) is 4.39 Å².